The summed E-state index contributed by atoms with van der Waals surface area (Å²) in [6.07, 6.45) is 0. The number of aryl methyl sites for hydroxylation is 1. The van der Waals surface area contributed by atoms with Crippen LogP contribution in [0.2, 0.25) is 0 Å². The molecule has 0 saturated carbocycles. The van der Waals surface area contributed by atoms with E-state index >= 15 is 0 Å². The highest BCUT2D eigenvalue weighted by Crippen LogP contribution is 2.11. The molecule has 2 amide bonds. The summed E-state index contributed by atoms with van der Waals surface area (Å²) in [6.45, 7) is 4.70. The highest BCUT2D eigenvalue weighted by Gasteiger charge is 2.19. The third-order valence-electron chi connectivity index (χ3n) is 4.82. The number of aromatic nitrogens is 1. The van der Waals surface area contributed by atoms with Crippen molar-refractivity contribution in [3.63, 3.8) is 0 Å². The summed E-state index contributed by atoms with van der Waals surface area (Å²) in [5, 5.41) is 4.08. The number of likely N-dealkylation sites (N-methyl/N-ethyl adjacent to an activating group) is 1. The molecular weight excluding hydrogens is 332 g/mol. The first-order chi connectivity index (χ1) is 12.5. The molecule has 7 heteroatoms. The summed E-state index contributed by atoms with van der Waals surface area (Å²) in [5.41, 5.74) is 0.524. The van der Waals surface area contributed by atoms with Crippen LogP contribution in [0.25, 0.3) is 10.8 Å². The van der Waals surface area contributed by atoms with Crippen LogP contribution in [0.5, 0.6) is 0 Å². The number of benzene rings is 1. The Hall–Kier alpha value is -2.67. The van der Waals surface area contributed by atoms with Crippen molar-refractivity contribution in [2.24, 2.45) is 0 Å². The fourth-order valence-corrected chi connectivity index (χ4v) is 3.16. The van der Waals surface area contributed by atoms with Gasteiger partial charge in [-0.1, -0.05) is 18.2 Å². The van der Waals surface area contributed by atoms with Gasteiger partial charge in [-0.25, -0.2) is 0 Å². The maximum Gasteiger partial charge on any atom is 0.259 e. The Balaban J connectivity index is 1.62. The minimum Gasteiger partial charge on any atom is -0.345 e. The standard InChI is InChI=1S/C19H24N4O3/c1-14-11-15-5-3-4-6-16(15)19(26)23(14)13-17(24)20-12-18(25)22-9-7-21(2)8-10-22/h3-6,11H,7-10,12-13H2,1-2H3,(H,20,24). The molecule has 1 N–H and O–H groups in total. The normalized spacial score (nSPS) is 15.2. The van der Waals surface area contributed by atoms with Crippen LogP contribution in [-0.4, -0.2) is 66.0 Å². The molecule has 0 atom stereocenters. The van der Waals surface area contributed by atoms with Gasteiger partial charge in [0.15, 0.2) is 0 Å². The molecule has 0 unspecified atom stereocenters. The fraction of sp³-hybridized carbons (Fsp3) is 0.421. The molecule has 2 aromatic rings. The van der Waals surface area contributed by atoms with Crippen LogP contribution in [0.3, 0.4) is 0 Å². The predicted octanol–water partition coefficient (Wildman–Crippen LogP) is 0.200. The maximum absolute atomic E-state index is 12.6. The summed E-state index contributed by atoms with van der Waals surface area (Å²) in [4.78, 5) is 41.0. The second kappa shape index (κ2) is 7.70. The second-order valence-electron chi connectivity index (χ2n) is 6.73. The number of piperazine rings is 1. The molecular formula is C19H24N4O3. The van der Waals surface area contributed by atoms with Crippen LogP contribution in [0.15, 0.2) is 35.1 Å². The van der Waals surface area contributed by atoms with Gasteiger partial charge in [0.25, 0.3) is 5.56 Å². The molecule has 7 nitrogen and oxygen atoms in total. The van der Waals surface area contributed by atoms with Gasteiger partial charge in [0.2, 0.25) is 11.8 Å². The first kappa shape index (κ1) is 18.1. The zero-order chi connectivity index (χ0) is 18.7. The fourth-order valence-electron chi connectivity index (χ4n) is 3.16. The van der Waals surface area contributed by atoms with E-state index in [0.717, 1.165) is 18.5 Å². The van der Waals surface area contributed by atoms with Gasteiger partial charge in [-0.05, 0) is 31.5 Å². The summed E-state index contributed by atoms with van der Waals surface area (Å²) < 4.78 is 1.44. The van der Waals surface area contributed by atoms with E-state index in [1.54, 1.807) is 24.0 Å². The molecule has 0 radical (unpaired) electrons. The Morgan fingerprint density at radius 3 is 2.54 bits per heavy atom. The monoisotopic (exact) mass is 356 g/mol. The number of nitrogens with zero attached hydrogens (tertiary/aromatic N) is 3. The number of hydrogen-bond donors (Lipinski definition) is 1. The Labute approximate surface area is 152 Å². The first-order valence-corrected chi connectivity index (χ1v) is 8.78. The molecule has 2 heterocycles. The van der Waals surface area contributed by atoms with E-state index in [0.29, 0.717) is 24.2 Å². The van der Waals surface area contributed by atoms with Crippen LogP contribution in [0.4, 0.5) is 0 Å². The summed E-state index contributed by atoms with van der Waals surface area (Å²) in [7, 11) is 2.02. The van der Waals surface area contributed by atoms with Gasteiger partial charge in [0.05, 0.1) is 6.54 Å². The third kappa shape index (κ3) is 3.94. The molecule has 0 bridgehead atoms. The number of carbonyl (C=O) groups is 2. The molecule has 26 heavy (non-hydrogen) atoms. The van der Waals surface area contributed by atoms with Crippen molar-refractivity contribution in [3.8, 4) is 0 Å². The van der Waals surface area contributed by atoms with Gasteiger partial charge < -0.3 is 19.7 Å². The summed E-state index contributed by atoms with van der Waals surface area (Å²) in [5.74, 6) is -0.429. The van der Waals surface area contributed by atoms with Gasteiger partial charge in [-0.15, -0.1) is 0 Å². The van der Waals surface area contributed by atoms with Gasteiger partial charge >= 0.3 is 0 Å². The number of nitrogens with one attached hydrogen (secondary N) is 1. The average Bonchev–Trinajstić information content (AvgIpc) is 2.64. The quantitative estimate of drug-likeness (QED) is 0.849. The topological polar surface area (TPSA) is 74.6 Å². The number of rotatable bonds is 4. The molecule has 0 spiro atoms. The van der Waals surface area contributed by atoms with Crippen molar-refractivity contribution in [2.75, 3.05) is 39.8 Å². The number of hydrogen-bond acceptors (Lipinski definition) is 4. The Bertz CT molecular complexity index is 882. The molecule has 1 aliphatic rings. The highest BCUT2D eigenvalue weighted by atomic mass is 16.2. The number of carbonyl (C=O) groups excluding carboxylic acids is 2. The van der Waals surface area contributed by atoms with Crippen molar-refractivity contribution in [1.29, 1.82) is 0 Å². The second-order valence-corrected chi connectivity index (χ2v) is 6.73. The molecule has 0 aliphatic carbocycles. The van der Waals surface area contributed by atoms with Crippen molar-refractivity contribution in [1.82, 2.24) is 19.7 Å². The number of amides is 2. The zero-order valence-corrected chi connectivity index (χ0v) is 15.2. The lowest BCUT2D eigenvalue weighted by molar-refractivity contribution is -0.134. The molecule has 1 aromatic carbocycles. The Morgan fingerprint density at radius 1 is 1.12 bits per heavy atom. The molecule has 1 saturated heterocycles. The van der Waals surface area contributed by atoms with E-state index in [-0.39, 0.29) is 30.5 Å². The van der Waals surface area contributed by atoms with Crippen LogP contribution in [-0.2, 0) is 16.1 Å². The number of pyridine rings is 1. The highest BCUT2D eigenvalue weighted by molar-refractivity contribution is 5.85. The Kier molecular flexibility index (Phi) is 5.37. The lowest BCUT2D eigenvalue weighted by atomic mass is 10.1. The van der Waals surface area contributed by atoms with E-state index in [1.165, 1.54) is 4.57 Å². The van der Waals surface area contributed by atoms with Crippen LogP contribution in [0.1, 0.15) is 5.69 Å². The van der Waals surface area contributed by atoms with Gasteiger partial charge in [-0.3, -0.25) is 14.4 Å². The van der Waals surface area contributed by atoms with Gasteiger partial charge in [0.1, 0.15) is 6.54 Å². The smallest absolute Gasteiger partial charge is 0.259 e. The molecule has 3 rings (SSSR count). The predicted molar refractivity (Wildman–Crippen MR) is 100 cm³/mol. The van der Waals surface area contributed by atoms with E-state index in [1.807, 2.05) is 25.2 Å². The van der Waals surface area contributed by atoms with Gasteiger partial charge in [-0.2, -0.15) is 0 Å². The van der Waals surface area contributed by atoms with E-state index < -0.39 is 0 Å². The summed E-state index contributed by atoms with van der Waals surface area (Å²) in [6, 6.07) is 9.20. The van der Waals surface area contributed by atoms with Crippen LogP contribution in [0, 0.1) is 6.92 Å². The number of fused-ring (bicyclic) bond motifs is 1. The van der Waals surface area contributed by atoms with Gasteiger partial charge in [0, 0.05) is 37.3 Å². The van der Waals surface area contributed by atoms with E-state index in [2.05, 4.69) is 10.2 Å². The van der Waals surface area contributed by atoms with E-state index in [4.69, 9.17) is 0 Å². The first-order valence-electron chi connectivity index (χ1n) is 8.78. The van der Waals surface area contributed by atoms with Crippen LogP contribution >= 0.6 is 0 Å². The molecule has 1 aliphatic heterocycles. The third-order valence-corrected chi connectivity index (χ3v) is 4.82. The van der Waals surface area contributed by atoms with Crippen molar-refractivity contribution < 1.29 is 9.59 Å². The molecule has 1 fully saturated rings. The Morgan fingerprint density at radius 2 is 1.81 bits per heavy atom. The minimum atomic E-state index is -0.340. The zero-order valence-electron chi connectivity index (χ0n) is 15.2. The molecule has 138 valence electrons. The molecule has 1 aromatic heterocycles. The minimum absolute atomic E-state index is 0.0378. The van der Waals surface area contributed by atoms with Crippen molar-refractivity contribution in [3.05, 3.63) is 46.4 Å². The van der Waals surface area contributed by atoms with E-state index in [9.17, 15) is 14.4 Å². The SMILES string of the molecule is Cc1cc2ccccc2c(=O)n1CC(=O)NCC(=O)N1CCN(C)CC1. The van der Waals surface area contributed by atoms with Crippen LogP contribution < -0.4 is 10.9 Å². The maximum atomic E-state index is 12.6. The van der Waals surface area contributed by atoms with Crippen molar-refractivity contribution in [2.45, 2.75) is 13.5 Å². The summed E-state index contributed by atoms with van der Waals surface area (Å²) >= 11 is 0. The largest absolute Gasteiger partial charge is 0.345 e. The average molecular weight is 356 g/mol. The van der Waals surface area contributed by atoms with Crippen molar-refractivity contribution >= 4 is 22.6 Å². The lowest BCUT2D eigenvalue weighted by Crippen LogP contribution is -2.50. The lowest BCUT2D eigenvalue weighted by Gasteiger charge is -2.32.